The van der Waals surface area contributed by atoms with Crippen molar-refractivity contribution in [1.29, 1.82) is 0 Å². The van der Waals surface area contributed by atoms with Crippen LogP contribution in [0.25, 0.3) is 11.1 Å². The summed E-state index contributed by atoms with van der Waals surface area (Å²) in [4.78, 5) is 18.1. The summed E-state index contributed by atoms with van der Waals surface area (Å²) in [7, 11) is 1.65. The lowest BCUT2D eigenvalue weighted by Crippen LogP contribution is -2.51. The van der Waals surface area contributed by atoms with E-state index in [0.29, 0.717) is 5.17 Å². The van der Waals surface area contributed by atoms with Gasteiger partial charge >= 0.3 is 6.03 Å². The first-order chi connectivity index (χ1) is 12.3. The molecule has 1 heterocycles. The zero-order valence-corrected chi connectivity index (χ0v) is 16.2. The fraction of sp³-hybridized carbons (Fsp3) is 0.300. The standard InChI is InChI=1S/C20H23N3O2S/c1-13-20(2,3)23(18(21)24)19(26-13)22-16-9-5-14(6-10-16)15-7-11-17(25-4)12-8-15/h5-13H,1-4H3,(H2,21,24). The van der Waals surface area contributed by atoms with E-state index in [1.807, 2.05) is 62.4 Å². The van der Waals surface area contributed by atoms with Crippen LogP contribution in [0.1, 0.15) is 20.8 Å². The van der Waals surface area contributed by atoms with E-state index in [9.17, 15) is 4.79 Å². The van der Waals surface area contributed by atoms with Gasteiger partial charge in [-0.15, -0.1) is 0 Å². The summed E-state index contributed by atoms with van der Waals surface area (Å²) in [6.07, 6.45) is 0. The molecule has 0 bridgehead atoms. The number of aliphatic imine (C=N–C) groups is 1. The summed E-state index contributed by atoms with van der Waals surface area (Å²) in [5.41, 5.74) is 8.21. The van der Waals surface area contributed by atoms with Crippen LogP contribution in [0, 0.1) is 0 Å². The van der Waals surface area contributed by atoms with Crippen molar-refractivity contribution < 1.29 is 9.53 Å². The SMILES string of the molecule is COc1ccc(-c2ccc(N=C3SC(C)C(C)(C)N3C(N)=O)cc2)cc1. The van der Waals surface area contributed by atoms with Crippen molar-refractivity contribution >= 4 is 28.6 Å². The Kier molecular flexibility index (Phi) is 4.96. The highest BCUT2D eigenvalue weighted by atomic mass is 32.2. The summed E-state index contributed by atoms with van der Waals surface area (Å²) >= 11 is 1.57. The number of hydrogen-bond acceptors (Lipinski definition) is 4. The lowest BCUT2D eigenvalue weighted by atomic mass is 10.00. The molecule has 3 rings (SSSR count). The zero-order valence-electron chi connectivity index (χ0n) is 15.4. The van der Waals surface area contributed by atoms with Gasteiger partial charge in [-0.3, -0.25) is 4.90 Å². The molecule has 2 N–H and O–H groups in total. The number of carbonyl (C=O) groups excluding carboxylic acids is 1. The number of amidine groups is 1. The maximum Gasteiger partial charge on any atom is 0.321 e. The predicted octanol–water partition coefficient (Wildman–Crippen LogP) is 4.64. The molecule has 0 aliphatic carbocycles. The minimum atomic E-state index is -0.472. The average molecular weight is 369 g/mol. The van der Waals surface area contributed by atoms with E-state index in [4.69, 9.17) is 10.5 Å². The van der Waals surface area contributed by atoms with Gasteiger partial charge in [0.15, 0.2) is 5.17 Å². The smallest absolute Gasteiger partial charge is 0.321 e. The van der Waals surface area contributed by atoms with Crippen molar-refractivity contribution in [3.8, 4) is 16.9 Å². The van der Waals surface area contributed by atoms with Crippen molar-refractivity contribution in [3.63, 3.8) is 0 Å². The third-order valence-electron chi connectivity index (χ3n) is 4.78. The van der Waals surface area contributed by atoms with E-state index in [2.05, 4.69) is 11.9 Å². The fourth-order valence-corrected chi connectivity index (χ4v) is 4.16. The molecule has 6 heteroatoms. The highest BCUT2D eigenvalue weighted by molar-refractivity contribution is 8.14. The molecule has 2 aromatic rings. The molecule has 1 saturated heterocycles. The van der Waals surface area contributed by atoms with E-state index in [0.717, 1.165) is 22.6 Å². The highest BCUT2D eigenvalue weighted by Gasteiger charge is 2.46. The Morgan fingerprint density at radius 3 is 2.15 bits per heavy atom. The summed E-state index contributed by atoms with van der Waals surface area (Å²) in [6.45, 7) is 6.09. The van der Waals surface area contributed by atoms with Gasteiger partial charge in [0, 0.05) is 5.25 Å². The van der Waals surface area contributed by atoms with Gasteiger partial charge in [-0.25, -0.2) is 9.79 Å². The van der Waals surface area contributed by atoms with Gasteiger partial charge in [0.05, 0.1) is 18.3 Å². The third-order valence-corrected chi connectivity index (χ3v) is 6.20. The zero-order chi connectivity index (χ0) is 18.9. The molecule has 1 fully saturated rings. The van der Waals surface area contributed by atoms with Crippen LogP contribution in [0.15, 0.2) is 53.5 Å². The number of methoxy groups -OCH3 is 1. The quantitative estimate of drug-likeness (QED) is 0.857. The van der Waals surface area contributed by atoms with E-state index in [1.165, 1.54) is 0 Å². The second-order valence-corrected chi connectivity index (χ2v) is 8.07. The molecule has 2 aromatic carbocycles. The van der Waals surface area contributed by atoms with E-state index in [-0.39, 0.29) is 10.8 Å². The largest absolute Gasteiger partial charge is 0.497 e. The Bertz CT molecular complexity index is 829. The van der Waals surface area contributed by atoms with Gasteiger partial charge in [0.1, 0.15) is 5.75 Å². The van der Waals surface area contributed by atoms with Gasteiger partial charge in [-0.2, -0.15) is 0 Å². The maximum atomic E-state index is 11.9. The van der Waals surface area contributed by atoms with Crippen LogP contribution in [0.3, 0.4) is 0 Å². The Hall–Kier alpha value is -2.47. The number of primary amides is 1. The van der Waals surface area contributed by atoms with Crippen molar-refractivity contribution in [1.82, 2.24) is 4.90 Å². The molecule has 0 spiro atoms. The summed E-state index contributed by atoms with van der Waals surface area (Å²) in [5, 5.41) is 0.861. The molecule has 0 aromatic heterocycles. The molecule has 26 heavy (non-hydrogen) atoms. The number of nitrogens with two attached hydrogens (primary N) is 1. The molecule has 1 aliphatic heterocycles. The first kappa shape index (κ1) is 18.3. The van der Waals surface area contributed by atoms with Crippen LogP contribution in [0.4, 0.5) is 10.5 Å². The Morgan fingerprint density at radius 2 is 1.65 bits per heavy atom. The van der Waals surface area contributed by atoms with E-state index in [1.54, 1.807) is 23.8 Å². The molecule has 1 aliphatic rings. The number of nitrogens with zero attached hydrogens (tertiary/aromatic N) is 2. The number of thioether (sulfide) groups is 1. The molecule has 1 unspecified atom stereocenters. The molecule has 0 radical (unpaired) electrons. The molecule has 0 saturated carbocycles. The van der Waals surface area contributed by atoms with Crippen LogP contribution < -0.4 is 10.5 Å². The fourth-order valence-electron chi connectivity index (χ4n) is 2.86. The van der Waals surface area contributed by atoms with Gasteiger partial charge in [-0.1, -0.05) is 43.0 Å². The molecule has 1 atom stereocenters. The van der Waals surface area contributed by atoms with Crippen molar-refractivity contribution in [2.45, 2.75) is 31.6 Å². The number of carbonyl (C=O) groups is 1. The third kappa shape index (κ3) is 3.42. The van der Waals surface area contributed by atoms with E-state index < -0.39 is 6.03 Å². The van der Waals surface area contributed by atoms with Gasteiger partial charge in [0.2, 0.25) is 0 Å². The summed E-state index contributed by atoms with van der Waals surface area (Å²) < 4.78 is 5.19. The number of amides is 2. The second-order valence-electron chi connectivity index (χ2n) is 6.76. The molecule has 2 amide bonds. The normalized spacial score (nSPS) is 20.4. The summed E-state index contributed by atoms with van der Waals surface area (Å²) in [6, 6.07) is 15.4. The minimum absolute atomic E-state index is 0.215. The first-order valence-corrected chi connectivity index (χ1v) is 9.30. The number of urea groups is 1. The summed E-state index contributed by atoms with van der Waals surface area (Å²) in [5.74, 6) is 0.832. The van der Waals surface area contributed by atoms with Crippen LogP contribution in [0.5, 0.6) is 5.75 Å². The van der Waals surface area contributed by atoms with Crippen LogP contribution in [0.2, 0.25) is 0 Å². The number of ether oxygens (including phenoxy) is 1. The lowest BCUT2D eigenvalue weighted by Gasteiger charge is -2.31. The molecule has 5 nitrogen and oxygen atoms in total. The topological polar surface area (TPSA) is 67.9 Å². The lowest BCUT2D eigenvalue weighted by molar-refractivity contribution is 0.198. The minimum Gasteiger partial charge on any atom is -0.497 e. The Labute approximate surface area is 158 Å². The highest BCUT2D eigenvalue weighted by Crippen LogP contribution is 2.40. The van der Waals surface area contributed by atoms with Gasteiger partial charge in [0.25, 0.3) is 0 Å². The molecular weight excluding hydrogens is 346 g/mol. The monoisotopic (exact) mass is 369 g/mol. The van der Waals surface area contributed by atoms with Crippen molar-refractivity contribution in [2.24, 2.45) is 10.7 Å². The van der Waals surface area contributed by atoms with Gasteiger partial charge in [-0.05, 0) is 49.2 Å². The van der Waals surface area contributed by atoms with Crippen LogP contribution in [-0.4, -0.2) is 34.0 Å². The molecular formula is C20H23N3O2S. The van der Waals surface area contributed by atoms with Crippen LogP contribution >= 0.6 is 11.8 Å². The Morgan fingerprint density at radius 1 is 1.12 bits per heavy atom. The van der Waals surface area contributed by atoms with Crippen molar-refractivity contribution in [2.75, 3.05) is 7.11 Å². The maximum absolute atomic E-state index is 11.9. The Balaban J connectivity index is 1.86. The van der Waals surface area contributed by atoms with E-state index >= 15 is 0 Å². The van der Waals surface area contributed by atoms with Gasteiger partial charge < -0.3 is 10.5 Å². The number of rotatable bonds is 3. The number of benzene rings is 2. The molecule has 136 valence electrons. The van der Waals surface area contributed by atoms with Crippen molar-refractivity contribution in [3.05, 3.63) is 48.5 Å². The number of hydrogen-bond donors (Lipinski definition) is 1. The predicted molar refractivity (Wildman–Crippen MR) is 108 cm³/mol. The van der Waals surface area contributed by atoms with Crippen LogP contribution in [-0.2, 0) is 0 Å². The second kappa shape index (κ2) is 7.03. The first-order valence-electron chi connectivity index (χ1n) is 8.42. The average Bonchev–Trinajstić information content (AvgIpc) is 2.84.